The van der Waals surface area contributed by atoms with Gasteiger partial charge < -0.3 is 26.6 Å². The van der Waals surface area contributed by atoms with E-state index in [2.05, 4.69) is 15.6 Å². The molecule has 0 aromatic carbocycles. The standard InChI is InChI=1S/C19H20N8O5S/c20-15(28)12-14(16(21)29)27(24-23-12)8-6-10-18(31)25-4-3-9(13(25)19(32)26(10)7-8)22-17(30)11-2-1-5-33-11/h1-2,5,8-10,13H,3-4,6-7H2,(H2,20,28)(H2,21,29)(H,22,30)/t8-,9+,10-,13-/m0/s1. The van der Waals surface area contributed by atoms with Crippen LogP contribution in [0, 0.1) is 0 Å². The number of nitrogens with two attached hydrogens (primary N) is 2. The van der Waals surface area contributed by atoms with Gasteiger partial charge in [-0.15, -0.1) is 16.4 Å². The highest BCUT2D eigenvalue weighted by Crippen LogP contribution is 2.37. The molecule has 2 aromatic heterocycles. The first-order valence-corrected chi connectivity index (χ1v) is 11.2. The SMILES string of the molecule is NC(=O)c1nnn([C@H]2C[C@H]3C(=O)N4CC[C@@H](NC(=O)c5cccs5)[C@H]4C(=O)N3C2)c1C(N)=O. The Kier molecular flexibility index (Phi) is 4.88. The van der Waals surface area contributed by atoms with Crippen LogP contribution in [0.4, 0.5) is 0 Å². The molecule has 2 aromatic rings. The molecule has 0 unspecified atom stereocenters. The van der Waals surface area contributed by atoms with Crippen LogP contribution in [0.3, 0.4) is 0 Å². The number of hydrogen-bond donors (Lipinski definition) is 3. The average molecular weight is 472 g/mol. The van der Waals surface area contributed by atoms with E-state index in [0.29, 0.717) is 17.8 Å². The Morgan fingerprint density at radius 2 is 1.91 bits per heavy atom. The van der Waals surface area contributed by atoms with Crippen LogP contribution in [-0.4, -0.2) is 85.5 Å². The Morgan fingerprint density at radius 1 is 1.12 bits per heavy atom. The van der Waals surface area contributed by atoms with E-state index in [0.717, 1.165) is 0 Å². The minimum absolute atomic E-state index is 0.0764. The van der Waals surface area contributed by atoms with Gasteiger partial charge >= 0.3 is 0 Å². The lowest BCUT2D eigenvalue weighted by atomic mass is 10.0. The molecular formula is C19H20N8O5S. The van der Waals surface area contributed by atoms with Gasteiger partial charge in [0.15, 0.2) is 11.4 Å². The number of carbonyl (C=O) groups is 5. The molecule has 13 nitrogen and oxygen atoms in total. The van der Waals surface area contributed by atoms with Crippen molar-refractivity contribution in [3.05, 3.63) is 33.8 Å². The van der Waals surface area contributed by atoms with Crippen LogP contribution in [0.15, 0.2) is 17.5 Å². The number of carbonyl (C=O) groups excluding carboxylic acids is 5. The van der Waals surface area contributed by atoms with E-state index >= 15 is 0 Å². The molecule has 3 fully saturated rings. The summed E-state index contributed by atoms with van der Waals surface area (Å²) in [6, 6.07) is 0.807. The van der Waals surface area contributed by atoms with Crippen molar-refractivity contribution >= 4 is 40.9 Å². The molecule has 5 heterocycles. The highest BCUT2D eigenvalue weighted by atomic mass is 32.1. The number of hydrogen-bond acceptors (Lipinski definition) is 8. The maximum absolute atomic E-state index is 13.4. The van der Waals surface area contributed by atoms with E-state index in [-0.39, 0.29) is 42.1 Å². The average Bonchev–Trinajstić information content (AvgIpc) is 3.56. The number of thiophene rings is 1. The van der Waals surface area contributed by atoms with Gasteiger partial charge in [-0.3, -0.25) is 24.0 Å². The molecule has 0 aliphatic carbocycles. The quantitative estimate of drug-likeness (QED) is 0.453. The fraction of sp³-hybridized carbons (Fsp3) is 0.421. The van der Waals surface area contributed by atoms with Crippen molar-refractivity contribution in [1.82, 2.24) is 30.1 Å². The van der Waals surface area contributed by atoms with Crippen LogP contribution in [0.5, 0.6) is 0 Å². The van der Waals surface area contributed by atoms with Crippen molar-refractivity contribution in [2.45, 2.75) is 37.0 Å². The van der Waals surface area contributed by atoms with Crippen molar-refractivity contribution in [1.29, 1.82) is 0 Å². The van der Waals surface area contributed by atoms with E-state index in [1.165, 1.54) is 25.8 Å². The van der Waals surface area contributed by atoms with Gasteiger partial charge in [0.05, 0.1) is 17.0 Å². The molecule has 172 valence electrons. The van der Waals surface area contributed by atoms with Crippen molar-refractivity contribution in [3.8, 4) is 0 Å². The fourth-order valence-corrected chi connectivity index (χ4v) is 5.54. The molecule has 5 N–H and O–H groups in total. The number of aromatic nitrogens is 3. The summed E-state index contributed by atoms with van der Waals surface area (Å²) in [5.74, 6) is -2.69. The molecule has 4 atom stereocenters. The molecule has 0 bridgehead atoms. The number of piperazine rings is 1. The minimum Gasteiger partial charge on any atom is -0.364 e. The Hall–Kier alpha value is -3.81. The third-order valence-electron chi connectivity index (χ3n) is 6.35. The van der Waals surface area contributed by atoms with E-state index in [4.69, 9.17) is 11.5 Å². The molecule has 5 amide bonds. The number of primary amides is 2. The normalized spacial score (nSPS) is 26.3. The molecule has 3 aliphatic heterocycles. The van der Waals surface area contributed by atoms with Gasteiger partial charge in [-0.25, -0.2) is 4.68 Å². The summed E-state index contributed by atoms with van der Waals surface area (Å²) in [5, 5.41) is 12.2. The van der Waals surface area contributed by atoms with Gasteiger partial charge in [-0.05, 0) is 17.9 Å². The number of rotatable bonds is 5. The van der Waals surface area contributed by atoms with Crippen LogP contribution in [0.1, 0.15) is 49.5 Å². The topological polar surface area (TPSA) is 187 Å². The van der Waals surface area contributed by atoms with E-state index in [1.54, 1.807) is 17.5 Å². The monoisotopic (exact) mass is 472 g/mol. The second-order valence-electron chi connectivity index (χ2n) is 8.18. The Bertz CT molecular complexity index is 1180. The Morgan fingerprint density at radius 3 is 2.58 bits per heavy atom. The summed E-state index contributed by atoms with van der Waals surface area (Å²) in [6.45, 7) is 0.425. The third kappa shape index (κ3) is 3.25. The second-order valence-corrected chi connectivity index (χ2v) is 9.13. The summed E-state index contributed by atoms with van der Waals surface area (Å²) in [4.78, 5) is 66.1. The third-order valence-corrected chi connectivity index (χ3v) is 7.22. The molecule has 0 saturated carbocycles. The number of fused-ring (bicyclic) bond motifs is 2. The van der Waals surface area contributed by atoms with Gasteiger partial charge in [0.25, 0.3) is 17.7 Å². The minimum atomic E-state index is -0.956. The zero-order chi connectivity index (χ0) is 23.4. The zero-order valence-corrected chi connectivity index (χ0v) is 18.0. The zero-order valence-electron chi connectivity index (χ0n) is 17.2. The summed E-state index contributed by atoms with van der Waals surface area (Å²) in [7, 11) is 0. The van der Waals surface area contributed by atoms with Crippen LogP contribution in [-0.2, 0) is 9.59 Å². The number of nitrogens with one attached hydrogen (secondary N) is 1. The first kappa shape index (κ1) is 21.1. The largest absolute Gasteiger partial charge is 0.364 e. The number of nitrogens with zero attached hydrogens (tertiary/aromatic N) is 5. The summed E-state index contributed by atoms with van der Waals surface area (Å²) in [6.07, 6.45) is 0.655. The summed E-state index contributed by atoms with van der Waals surface area (Å²) in [5.41, 5.74) is 10.0. The second kappa shape index (κ2) is 7.65. The predicted molar refractivity (Wildman–Crippen MR) is 112 cm³/mol. The van der Waals surface area contributed by atoms with Gasteiger partial charge in [0.2, 0.25) is 11.8 Å². The first-order chi connectivity index (χ1) is 15.8. The predicted octanol–water partition coefficient (Wildman–Crippen LogP) is -1.91. The molecule has 5 rings (SSSR count). The van der Waals surface area contributed by atoms with Crippen molar-refractivity contribution in [2.24, 2.45) is 11.5 Å². The first-order valence-electron chi connectivity index (χ1n) is 10.3. The van der Waals surface area contributed by atoms with Crippen LogP contribution < -0.4 is 16.8 Å². The highest BCUT2D eigenvalue weighted by molar-refractivity contribution is 7.12. The Balaban J connectivity index is 1.39. The summed E-state index contributed by atoms with van der Waals surface area (Å²) < 4.78 is 1.17. The lowest BCUT2D eigenvalue weighted by Gasteiger charge is -2.40. The van der Waals surface area contributed by atoms with Crippen LogP contribution >= 0.6 is 11.3 Å². The van der Waals surface area contributed by atoms with Crippen LogP contribution in [0.25, 0.3) is 0 Å². The fourth-order valence-electron chi connectivity index (χ4n) is 4.92. The maximum atomic E-state index is 13.4. The van der Waals surface area contributed by atoms with Gasteiger partial charge in [-0.2, -0.15) is 0 Å². The smallest absolute Gasteiger partial charge is 0.271 e. The molecule has 3 saturated heterocycles. The van der Waals surface area contributed by atoms with E-state index in [9.17, 15) is 24.0 Å². The van der Waals surface area contributed by atoms with Gasteiger partial charge in [-0.1, -0.05) is 11.3 Å². The lowest BCUT2D eigenvalue weighted by molar-refractivity contribution is -0.157. The van der Waals surface area contributed by atoms with Crippen molar-refractivity contribution < 1.29 is 24.0 Å². The lowest BCUT2D eigenvalue weighted by Crippen LogP contribution is -2.64. The highest BCUT2D eigenvalue weighted by Gasteiger charge is 2.55. The molecule has 0 radical (unpaired) electrons. The van der Waals surface area contributed by atoms with Gasteiger partial charge in [0.1, 0.15) is 12.1 Å². The molecule has 14 heteroatoms. The van der Waals surface area contributed by atoms with Crippen molar-refractivity contribution in [3.63, 3.8) is 0 Å². The molecule has 33 heavy (non-hydrogen) atoms. The van der Waals surface area contributed by atoms with E-state index < -0.39 is 36.0 Å². The van der Waals surface area contributed by atoms with Crippen molar-refractivity contribution in [2.75, 3.05) is 13.1 Å². The Labute approximate surface area is 190 Å². The maximum Gasteiger partial charge on any atom is 0.271 e. The van der Waals surface area contributed by atoms with E-state index in [1.807, 2.05) is 0 Å². The molecule has 3 aliphatic rings. The van der Waals surface area contributed by atoms with Gasteiger partial charge in [0, 0.05) is 19.5 Å². The molecule has 0 spiro atoms. The summed E-state index contributed by atoms with van der Waals surface area (Å²) >= 11 is 1.29. The van der Waals surface area contributed by atoms with Crippen LogP contribution in [0.2, 0.25) is 0 Å². The molecular weight excluding hydrogens is 452 g/mol. The number of amides is 5.